The van der Waals surface area contributed by atoms with Crippen molar-refractivity contribution in [3.63, 3.8) is 0 Å². The number of rotatable bonds is 8. The molecule has 1 N–H and O–H groups in total. The number of aromatic nitrogens is 1. The third-order valence-corrected chi connectivity index (χ3v) is 7.05. The molecule has 37 heavy (non-hydrogen) atoms. The Morgan fingerprint density at radius 2 is 1.65 bits per heavy atom. The maximum absolute atomic E-state index is 13.3. The molecule has 0 fully saturated rings. The Hall–Kier alpha value is -4.24. The van der Waals surface area contributed by atoms with E-state index >= 15 is 0 Å². The van der Waals surface area contributed by atoms with Crippen LogP contribution in [0.2, 0.25) is 0 Å². The number of carbonyl (C=O) groups is 1. The molecule has 0 aliphatic heterocycles. The van der Waals surface area contributed by atoms with E-state index in [0.717, 1.165) is 34.5 Å². The van der Waals surface area contributed by atoms with Crippen LogP contribution in [0.5, 0.6) is 0 Å². The summed E-state index contributed by atoms with van der Waals surface area (Å²) in [4.78, 5) is 12.6. The number of hydrogen-bond acceptors (Lipinski definition) is 4. The summed E-state index contributed by atoms with van der Waals surface area (Å²) in [5, 5.41) is 4.10. The molecule has 1 aromatic heterocycles. The Kier molecular flexibility index (Phi) is 7.54. The minimum Gasteiger partial charge on any atom is -0.318 e. The lowest BCUT2D eigenvalue weighted by molar-refractivity contribution is 0.0955. The van der Waals surface area contributed by atoms with Gasteiger partial charge in [-0.2, -0.15) is 5.10 Å². The highest BCUT2D eigenvalue weighted by atomic mass is 32.2. The number of carbonyl (C=O) groups excluding carboxylic acids is 1. The Bertz CT molecular complexity index is 1530. The van der Waals surface area contributed by atoms with Crippen LogP contribution in [0.1, 0.15) is 32.9 Å². The highest BCUT2D eigenvalue weighted by molar-refractivity contribution is 7.92. The summed E-state index contributed by atoms with van der Waals surface area (Å²) < 4.78 is 41.2. The fraction of sp³-hybridized carbons (Fsp3) is 0.143. The van der Waals surface area contributed by atoms with Gasteiger partial charge in [-0.05, 0) is 74.0 Å². The molecule has 0 spiro atoms. The molecule has 0 aliphatic carbocycles. The molecule has 9 heteroatoms. The highest BCUT2D eigenvalue weighted by Crippen LogP contribution is 2.21. The number of benzene rings is 3. The Morgan fingerprint density at radius 1 is 1.00 bits per heavy atom. The molecule has 190 valence electrons. The molecule has 0 saturated heterocycles. The van der Waals surface area contributed by atoms with E-state index in [-0.39, 0.29) is 12.4 Å². The van der Waals surface area contributed by atoms with Crippen LogP contribution in [-0.2, 0) is 16.6 Å². The first-order chi connectivity index (χ1) is 17.6. The molecule has 4 aromatic rings. The number of halogens is 1. The molecule has 4 rings (SSSR count). The molecule has 1 heterocycles. The second kappa shape index (κ2) is 10.8. The summed E-state index contributed by atoms with van der Waals surface area (Å²) in [7, 11) is -3.49. The fourth-order valence-corrected chi connectivity index (χ4v) is 4.94. The Morgan fingerprint density at radius 3 is 2.27 bits per heavy atom. The highest BCUT2D eigenvalue weighted by Gasteiger charge is 2.18. The molecule has 0 aliphatic rings. The van der Waals surface area contributed by atoms with Gasteiger partial charge in [0, 0.05) is 28.2 Å². The second-order valence-corrected chi connectivity index (χ2v) is 10.5. The number of anilines is 1. The average Bonchev–Trinajstić information content (AvgIpc) is 3.16. The van der Waals surface area contributed by atoms with Crippen LogP contribution in [-0.4, -0.2) is 31.4 Å². The van der Waals surface area contributed by atoms with E-state index in [2.05, 4.69) is 10.5 Å². The molecule has 0 atom stereocenters. The predicted molar refractivity (Wildman–Crippen MR) is 144 cm³/mol. The number of aryl methyl sites for hydroxylation is 1. The van der Waals surface area contributed by atoms with Gasteiger partial charge in [-0.3, -0.25) is 9.10 Å². The van der Waals surface area contributed by atoms with Crippen molar-refractivity contribution in [1.82, 2.24) is 9.99 Å². The quantitative estimate of drug-likeness (QED) is 0.264. The number of nitrogens with zero attached hydrogens (tertiary/aromatic N) is 3. The molecular weight excluding hydrogens is 491 g/mol. The lowest BCUT2D eigenvalue weighted by Crippen LogP contribution is -2.29. The van der Waals surface area contributed by atoms with Crippen LogP contribution in [0.4, 0.5) is 10.1 Å². The first-order valence-corrected chi connectivity index (χ1v) is 13.4. The van der Waals surface area contributed by atoms with Gasteiger partial charge < -0.3 is 4.57 Å². The molecule has 3 aromatic carbocycles. The number of amides is 1. The van der Waals surface area contributed by atoms with E-state index in [0.29, 0.717) is 11.3 Å². The fourth-order valence-electron chi connectivity index (χ4n) is 4.05. The van der Waals surface area contributed by atoms with Gasteiger partial charge in [-0.25, -0.2) is 18.2 Å². The first kappa shape index (κ1) is 25.8. The summed E-state index contributed by atoms with van der Waals surface area (Å²) in [6.07, 6.45) is 2.73. The molecule has 0 radical (unpaired) electrons. The van der Waals surface area contributed by atoms with Crippen molar-refractivity contribution in [2.24, 2.45) is 5.10 Å². The topological polar surface area (TPSA) is 83.8 Å². The van der Waals surface area contributed by atoms with Gasteiger partial charge in [-0.15, -0.1) is 0 Å². The van der Waals surface area contributed by atoms with Crippen LogP contribution in [0, 0.1) is 19.7 Å². The molecule has 1 amide bonds. The molecule has 0 unspecified atom stereocenters. The minimum absolute atomic E-state index is 0.145. The summed E-state index contributed by atoms with van der Waals surface area (Å²) in [5.74, 6) is -0.689. The number of hydrazone groups is 1. The van der Waals surface area contributed by atoms with Crippen LogP contribution in [0.3, 0.4) is 0 Å². The van der Waals surface area contributed by atoms with E-state index < -0.39 is 15.9 Å². The Labute approximate surface area is 215 Å². The lowest BCUT2D eigenvalue weighted by atomic mass is 10.1. The van der Waals surface area contributed by atoms with Gasteiger partial charge in [0.25, 0.3) is 5.91 Å². The van der Waals surface area contributed by atoms with Crippen molar-refractivity contribution in [2.45, 2.75) is 20.4 Å². The number of para-hydroxylation sites is 1. The standard InChI is InChI=1S/C28H27FN4O3S/c1-20-17-24(21(2)33(20)27-15-13-25(29)14-16-27)18-30-31-28(34)23-11-9-22(10-12-23)19-32(37(3,35)36)26-7-5-4-6-8-26/h4-18H,19H2,1-3H3,(H,31,34)/b30-18-. The van der Waals surface area contributed by atoms with E-state index in [9.17, 15) is 17.6 Å². The monoisotopic (exact) mass is 518 g/mol. The molecule has 0 bridgehead atoms. The third kappa shape index (κ3) is 6.13. The summed E-state index contributed by atoms with van der Waals surface area (Å²) >= 11 is 0. The van der Waals surface area contributed by atoms with Gasteiger partial charge in [0.05, 0.1) is 24.7 Å². The summed E-state index contributed by atoms with van der Waals surface area (Å²) in [6, 6.07) is 23.7. The first-order valence-electron chi connectivity index (χ1n) is 11.5. The van der Waals surface area contributed by atoms with Gasteiger partial charge in [0.2, 0.25) is 10.0 Å². The summed E-state index contributed by atoms with van der Waals surface area (Å²) in [5.41, 5.74) is 7.73. The summed E-state index contributed by atoms with van der Waals surface area (Å²) in [6.45, 7) is 4.01. The maximum atomic E-state index is 13.3. The maximum Gasteiger partial charge on any atom is 0.271 e. The van der Waals surface area contributed by atoms with Crippen LogP contribution >= 0.6 is 0 Å². The van der Waals surface area contributed by atoms with Crippen molar-refractivity contribution in [2.75, 3.05) is 10.6 Å². The zero-order valence-electron chi connectivity index (χ0n) is 20.7. The van der Waals surface area contributed by atoms with Crippen molar-refractivity contribution in [3.05, 3.63) is 119 Å². The van der Waals surface area contributed by atoms with Crippen molar-refractivity contribution in [3.8, 4) is 5.69 Å². The molecule has 7 nitrogen and oxygen atoms in total. The predicted octanol–water partition coefficient (Wildman–Crippen LogP) is 4.96. The molecule has 0 saturated carbocycles. The van der Waals surface area contributed by atoms with E-state index in [1.807, 2.05) is 30.5 Å². The van der Waals surface area contributed by atoms with Gasteiger partial charge in [0.15, 0.2) is 0 Å². The van der Waals surface area contributed by atoms with Gasteiger partial charge >= 0.3 is 0 Å². The number of hydrogen-bond donors (Lipinski definition) is 1. The number of sulfonamides is 1. The zero-order chi connectivity index (χ0) is 26.6. The van der Waals surface area contributed by atoms with Crippen molar-refractivity contribution < 1.29 is 17.6 Å². The number of nitrogens with one attached hydrogen (secondary N) is 1. The van der Waals surface area contributed by atoms with Crippen LogP contribution < -0.4 is 9.73 Å². The van der Waals surface area contributed by atoms with Crippen molar-refractivity contribution >= 4 is 27.8 Å². The van der Waals surface area contributed by atoms with E-state index in [4.69, 9.17) is 0 Å². The zero-order valence-corrected chi connectivity index (χ0v) is 21.5. The SMILES string of the molecule is Cc1cc(/C=N\NC(=O)c2ccc(CN(c3ccccc3)S(C)(=O)=O)cc2)c(C)n1-c1ccc(F)cc1. The Balaban J connectivity index is 1.43. The third-order valence-electron chi connectivity index (χ3n) is 5.91. The second-order valence-electron chi connectivity index (χ2n) is 8.64. The minimum atomic E-state index is -3.49. The smallest absolute Gasteiger partial charge is 0.271 e. The molecular formula is C28H27FN4O3S. The van der Waals surface area contributed by atoms with Gasteiger partial charge in [-0.1, -0.05) is 30.3 Å². The average molecular weight is 519 g/mol. The largest absolute Gasteiger partial charge is 0.318 e. The van der Waals surface area contributed by atoms with Gasteiger partial charge in [0.1, 0.15) is 5.82 Å². The van der Waals surface area contributed by atoms with Crippen molar-refractivity contribution in [1.29, 1.82) is 0 Å². The lowest BCUT2D eigenvalue weighted by Gasteiger charge is -2.22. The van der Waals surface area contributed by atoms with Crippen LogP contribution in [0.25, 0.3) is 5.69 Å². The normalized spacial score (nSPS) is 11.6. The van der Waals surface area contributed by atoms with Crippen LogP contribution in [0.15, 0.2) is 90.0 Å². The van der Waals surface area contributed by atoms with E-state index in [1.165, 1.54) is 16.4 Å². The van der Waals surface area contributed by atoms with E-state index in [1.54, 1.807) is 66.9 Å².